The van der Waals surface area contributed by atoms with Crippen LogP contribution in [0.25, 0.3) is 0 Å². The zero-order valence-corrected chi connectivity index (χ0v) is 11.8. The SMILES string of the molecule is Cc1ccnc(C(Cc2cc(C)ccc2C)NN)c1. The summed E-state index contributed by atoms with van der Waals surface area (Å²) in [4.78, 5) is 4.42. The summed E-state index contributed by atoms with van der Waals surface area (Å²) in [6.45, 7) is 6.31. The number of hydrogen-bond acceptors (Lipinski definition) is 3. The molecule has 0 amide bonds. The van der Waals surface area contributed by atoms with Crippen molar-refractivity contribution in [2.45, 2.75) is 33.2 Å². The maximum Gasteiger partial charge on any atom is 0.0672 e. The minimum atomic E-state index is 0.0420. The first-order valence-corrected chi connectivity index (χ1v) is 6.55. The predicted molar refractivity (Wildman–Crippen MR) is 78.7 cm³/mol. The Morgan fingerprint density at radius 1 is 1.11 bits per heavy atom. The van der Waals surface area contributed by atoms with E-state index in [0.29, 0.717) is 0 Å². The van der Waals surface area contributed by atoms with Gasteiger partial charge in [0, 0.05) is 6.20 Å². The quantitative estimate of drug-likeness (QED) is 0.652. The van der Waals surface area contributed by atoms with E-state index in [1.807, 2.05) is 12.3 Å². The number of pyridine rings is 1. The molecule has 0 saturated heterocycles. The van der Waals surface area contributed by atoms with Crippen molar-refractivity contribution in [3.8, 4) is 0 Å². The van der Waals surface area contributed by atoms with Gasteiger partial charge in [-0.25, -0.2) is 0 Å². The Kier molecular flexibility index (Phi) is 4.30. The number of hydrogen-bond donors (Lipinski definition) is 2. The van der Waals surface area contributed by atoms with Gasteiger partial charge in [-0.1, -0.05) is 23.8 Å². The van der Waals surface area contributed by atoms with Crippen LogP contribution < -0.4 is 11.3 Å². The molecule has 0 saturated carbocycles. The van der Waals surface area contributed by atoms with Crippen LogP contribution in [-0.4, -0.2) is 4.98 Å². The zero-order valence-electron chi connectivity index (χ0n) is 11.8. The lowest BCUT2D eigenvalue weighted by Gasteiger charge is -2.17. The Labute approximate surface area is 114 Å². The van der Waals surface area contributed by atoms with E-state index in [4.69, 9.17) is 5.84 Å². The maximum absolute atomic E-state index is 5.70. The van der Waals surface area contributed by atoms with Crippen LogP contribution in [-0.2, 0) is 6.42 Å². The van der Waals surface area contributed by atoms with E-state index in [1.54, 1.807) is 0 Å². The van der Waals surface area contributed by atoms with Crippen molar-refractivity contribution in [2.24, 2.45) is 5.84 Å². The largest absolute Gasteiger partial charge is 0.271 e. The molecule has 3 N–H and O–H groups in total. The summed E-state index contributed by atoms with van der Waals surface area (Å²) in [6, 6.07) is 10.6. The lowest BCUT2D eigenvalue weighted by atomic mass is 9.97. The number of aryl methyl sites for hydroxylation is 3. The van der Waals surface area contributed by atoms with Crippen molar-refractivity contribution in [3.63, 3.8) is 0 Å². The molecule has 1 aromatic heterocycles. The zero-order chi connectivity index (χ0) is 13.8. The lowest BCUT2D eigenvalue weighted by molar-refractivity contribution is 0.537. The molecule has 0 aliphatic heterocycles. The topological polar surface area (TPSA) is 50.9 Å². The van der Waals surface area contributed by atoms with Crippen molar-refractivity contribution >= 4 is 0 Å². The van der Waals surface area contributed by atoms with Crippen LogP contribution in [0, 0.1) is 20.8 Å². The Bertz CT molecular complexity index is 564. The van der Waals surface area contributed by atoms with Crippen LogP contribution in [0.1, 0.15) is 34.0 Å². The van der Waals surface area contributed by atoms with Gasteiger partial charge in [-0.3, -0.25) is 16.3 Å². The van der Waals surface area contributed by atoms with Crippen LogP contribution in [0.4, 0.5) is 0 Å². The molecule has 0 aliphatic rings. The summed E-state index contributed by atoms with van der Waals surface area (Å²) >= 11 is 0. The number of nitrogens with two attached hydrogens (primary N) is 1. The highest BCUT2D eigenvalue weighted by Crippen LogP contribution is 2.20. The maximum atomic E-state index is 5.70. The molecule has 0 spiro atoms. The summed E-state index contributed by atoms with van der Waals surface area (Å²) in [7, 11) is 0. The van der Waals surface area contributed by atoms with Gasteiger partial charge in [-0.2, -0.15) is 0 Å². The Morgan fingerprint density at radius 2 is 1.84 bits per heavy atom. The first kappa shape index (κ1) is 13.7. The molecule has 0 aliphatic carbocycles. The van der Waals surface area contributed by atoms with Gasteiger partial charge in [0.25, 0.3) is 0 Å². The van der Waals surface area contributed by atoms with E-state index in [9.17, 15) is 0 Å². The second-order valence-electron chi connectivity index (χ2n) is 5.11. The van der Waals surface area contributed by atoms with Crippen LogP contribution in [0.15, 0.2) is 36.5 Å². The smallest absolute Gasteiger partial charge is 0.0672 e. The molecule has 100 valence electrons. The molecule has 1 unspecified atom stereocenters. The van der Waals surface area contributed by atoms with E-state index >= 15 is 0 Å². The van der Waals surface area contributed by atoms with Gasteiger partial charge in [-0.05, 0) is 56.0 Å². The first-order chi connectivity index (χ1) is 9.10. The van der Waals surface area contributed by atoms with Crippen molar-refractivity contribution in [3.05, 3.63) is 64.5 Å². The second kappa shape index (κ2) is 5.95. The number of aromatic nitrogens is 1. The fraction of sp³-hybridized carbons (Fsp3) is 0.312. The minimum Gasteiger partial charge on any atom is -0.271 e. The molecule has 1 atom stereocenters. The van der Waals surface area contributed by atoms with Crippen molar-refractivity contribution in [2.75, 3.05) is 0 Å². The van der Waals surface area contributed by atoms with Gasteiger partial charge in [0.2, 0.25) is 0 Å². The van der Waals surface area contributed by atoms with Gasteiger partial charge in [0.15, 0.2) is 0 Å². The summed E-state index contributed by atoms with van der Waals surface area (Å²) in [5.41, 5.74) is 8.94. The monoisotopic (exact) mass is 255 g/mol. The number of nitrogens with one attached hydrogen (secondary N) is 1. The third-order valence-corrected chi connectivity index (χ3v) is 3.42. The Hall–Kier alpha value is -1.71. The van der Waals surface area contributed by atoms with Crippen LogP contribution in [0.5, 0.6) is 0 Å². The molecule has 0 fully saturated rings. The average Bonchev–Trinajstić information content (AvgIpc) is 2.39. The molecule has 3 heteroatoms. The van der Waals surface area contributed by atoms with Crippen LogP contribution in [0.3, 0.4) is 0 Å². The Morgan fingerprint density at radius 3 is 2.53 bits per heavy atom. The fourth-order valence-corrected chi connectivity index (χ4v) is 2.24. The minimum absolute atomic E-state index is 0.0420. The highest BCUT2D eigenvalue weighted by molar-refractivity contribution is 5.32. The molecular formula is C16H21N3. The first-order valence-electron chi connectivity index (χ1n) is 6.55. The van der Waals surface area contributed by atoms with Crippen molar-refractivity contribution in [1.82, 2.24) is 10.4 Å². The van der Waals surface area contributed by atoms with Crippen molar-refractivity contribution < 1.29 is 0 Å². The fourth-order valence-electron chi connectivity index (χ4n) is 2.24. The summed E-state index contributed by atoms with van der Waals surface area (Å²) in [6.07, 6.45) is 2.68. The second-order valence-corrected chi connectivity index (χ2v) is 5.11. The predicted octanol–water partition coefficient (Wildman–Crippen LogP) is 2.75. The normalized spacial score (nSPS) is 12.4. The summed E-state index contributed by atoms with van der Waals surface area (Å²) < 4.78 is 0. The summed E-state index contributed by atoms with van der Waals surface area (Å²) in [5.74, 6) is 5.70. The van der Waals surface area contributed by atoms with E-state index < -0.39 is 0 Å². The number of benzene rings is 1. The standard InChI is InChI=1S/C16H21N3/c1-11-4-5-13(3)14(8-11)10-16(19-17)15-9-12(2)6-7-18-15/h4-9,16,19H,10,17H2,1-3H3. The molecular weight excluding hydrogens is 234 g/mol. The molecule has 0 radical (unpaired) electrons. The molecule has 19 heavy (non-hydrogen) atoms. The van der Waals surface area contributed by atoms with E-state index in [2.05, 4.69) is 55.4 Å². The average molecular weight is 255 g/mol. The van der Waals surface area contributed by atoms with Gasteiger partial charge < -0.3 is 0 Å². The molecule has 0 bridgehead atoms. The molecule has 2 aromatic rings. The highest BCUT2D eigenvalue weighted by atomic mass is 15.2. The molecule has 1 heterocycles. The Balaban J connectivity index is 2.26. The highest BCUT2D eigenvalue weighted by Gasteiger charge is 2.13. The third kappa shape index (κ3) is 3.40. The molecule has 1 aromatic carbocycles. The van der Waals surface area contributed by atoms with Gasteiger partial charge in [0.1, 0.15) is 0 Å². The van der Waals surface area contributed by atoms with Gasteiger partial charge in [0.05, 0.1) is 11.7 Å². The van der Waals surface area contributed by atoms with E-state index in [-0.39, 0.29) is 6.04 Å². The van der Waals surface area contributed by atoms with Gasteiger partial charge >= 0.3 is 0 Å². The van der Waals surface area contributed by atoms with Crippen LogP contribution >= 0.6 is 0 Å². The lowest BCUT2D eigenvalue weighted by Crippen LogP contribution is -2.30. The number of rotatable bonds is 4. The van der Waals surface area contributed by atoms with Crippen LogP contribution in [0.2, 0.25) is 0 Å². The summed E-state index contributed by atoms with van der Waals surface area (Å²) in [5, 5.41) is 0. The third-order valence-electron chi connectivity index (χ3n) is 3.42. The number of hydrazine groups is 1. The van der Waals surface area contributed by atoms with E-state index in [0.717, 1.165) is 12.1 Å². The molecule has 3 nitrogen and oxygen atoms in total. The van der Waals surface area contributed by atoms with E-state index in [1.165, 1.54) is 22.3 Å². The van der Waals surface area contributed by atoms with Gasteiger partial charge in [-0.15, -0.1) is 0 Å². The molecule has 2 rings (SSSR count). The number of nitrogens with zero attached hydrogens (tertiary/aromatic N) is 1. The van der Waals surface area contributed by atoms with Crippen molar-refractivity contribution in [1.29, 1.82) is 0 Å².